The van der Waals surface area contributed by atoms with E-state index in [1.54, 1.807) is 44.6 Å². The van der Waals surface area contributed by atoms with Crippen LogP contribution in [0.3, 0.4) is 0 Å². The van der Waals surface area contributed by atoms with E-state index in [-0.39, 0.29) is 22.6 Å². The second-order valence-corrected chi connectivity index (χ2v) is 7.78. The first kappa shape index (κ1) is 24.4. The largest absolute Gasteiger partial charge is 0.493 e. The summed E-state index contributed by atoms with van der Waals surface area (Å²) in [4.78, 5) is 23.9. The SMILES string of the molecule is COc1ccc(CCNC(=O)c2cc(-c3ccccc3F)nn2-c2cccc([N+](=O)[O-])c2)cc1OC. The Hall–Kier alpha value is -4.73. The number of nitro benzene ring substituents is 1. The molecule has 10 heteroatoms. The number of methoxy groups -OCH3 is 2. The third-order valence-corrected chi connectivity index (χ3v) is 5.52. The van der Waals surface area contributed by atoms with Gasteiger partial charge in [0.1, 0.15) is 11.5 Å². The lowest BCUT2D eigenvalue weighted by atomic mass is 10.1. The third-order valence-electron chi connectivity index (χ3n) is 5.52. The Balaban J connectivity index is 1.62. The number of nitrogens with one attached hydrogen (secondary N) is 1. The lowest BCUT2D eigenvalue weighted by molar-refractivity contribution is -0.384. The molecule has 0 aliphatic heterocycles. The molecule has 0 radical (unpaired) electrons. The van der Waals surface area contributed by atoms with Crippen LogP contribution in [-0.4, -0.2) is 41.4 Å². The van der Waals surface area contributed by atoms with E-state index >= 15 is 0 Å². The molecule has 3 aromatic carbocycles. The molecule has 4 aromatic rings. The second-order valence-electron chi connectivity index (χ2n) is 7.78. The van der Waals surface area contributed by atoms with Gasteiger partial charge in [-0.1, -0.05) is 24.3 Å². The third kappa shape index (κ3) is 5.17. The maximum absolute atomic E-state index is 14.4. The van der Waals surface area contributed by atoms with Crippen LogP contribution in [0.25, 0.3) is 16.9 Å². The topological polar surface area (TPSA) is 109 Å². The van der Waals surface area contributed by atoms with Crippen LogP contribution in [0.2, 0.25) is 0 Å². The number of hydrogen-bond acceptors (Lipinski definition) is 6. The monoisotopic (exact) mass is 490 g/mol. The number of nitrogens with zero attached hydrogens (tertiary/aromatic N) is 3. The van der Waals surface area contributed by atoms with Gasteiger partial charge < -0.3 is 14.8 Å². The van der Waals surface area contributed by atoms with Crippen LogP contribution in [-0.2, 0) is 6.42 Å². The van der Waals surface area contributed by atoms with E-state index < -0.39 is 16.6 Å². The number of non-ortho nitro benzene ring substituents is 1. The Bertz CT molecular complexity index is 1420. The summed E-state index contributed by atoms with van der Waals surface area (Å²) < 4.78 is 26.3. The van der Waals surface area contributed by atoms with Gasteiger partial charge in [0.05, 0.1) is 30.5 Å². The van der Waals surface area contributed by atoms with Crippen molar-refractivity contribution in [3.8, 4) is 28.4 Å². The van der Waals surface area contributed by atoms with Crippen molar-refractivity contribution in [1.29, 1.82) is 0 Å². The van der Waals surface area contributed by atoms with E-state index in [0.29, 0.717) is 30.2 Å². The van der Waals surface area contributed by atoms with Gasteiger partial charge >= 0.3 is 0 Å². The highest BCUT2D eigenvalue weighted by molar-refractivity contribution is 5.94. The molecular formula is C26H23FN4O5. The van der Waals surface area contributed by atoms with Gasteiger partial charge in [0, 0.05) is 24.2 Å². The first-order valence-corrected chi connectivity index (χ1v) is 11.0. The smallest absolute Gasteiger partial charge is 0.271 e. The molecule has 0 spiro atoms. The van der Waals surface area contributed by atoms with Gasteiger partial charge in [-0.2, -0.15) is 5.10 Å². The Morgan fingerprint density at radius 1 is 1.03 bits per heavy atom. The van der Waals surface area contributed by atoms with E-state index in [2.05, 4.69) is 10.4 Å². The standard InChI is InChI=1S/C26H23FN4O5/c1-35-24-11-10-17(14-25(24)36-2)12-13-28-26(32)23-16-22(20-8-3-4-9-21(20)27)29-30(23)18-6-5-7-19(15-18)31(33)34/h3-11,14-16H,12-13H2,1-2H3,(H,28,32). The van der Waals surface area contributed by atoms with Crippen molar-refractivity contribution in [1.82, 2.24) is 15.1 Å². The van der Waals surface area contributed by atoms with E-state index in [1.807, 2.05) is 12.1 Å². The summed E-state index contributed by atoms with van der Waals surface area (Å²) in [7, 11) is 3.10. The average molecular weight is 490 g/mol. The minimum atomic E-state index is -0.534. The fourth-order valence-electron chi connectivity index (χ4n) is 3.73. The zero-order chi connectivity index (χ0) is 25.7. The molecule has 36 heavy (non-hydrogen) atoms. The number of halogens is 1. The van der Waals surface area contributed by atoms with Crippen LogP contribution in [0.1, 0.15) is 16.1 Å². The van der Waals surface area contributed by atoms with Crippen LogP contribution in [0.5, 0.6) is 11.5 Å². The van der Waals surface area contributed by atoms with Gasteiger partial charge in [-0.3, -0.25) is 14.9 Å². The number of rotatable bonds is 9. The molecule has 0 aliphatic rings. The highest BCUT2D eigenvalue weighted by Gasteiger charge is 2.20. The van der Waals surface area contributed by atoms with E-state index in [4.69, 9.17) is 9.47 Å². The molecule has 9 nitrogen and oxygen atoms in total. The number of nitro groups is 1. The van der Waals surface area contributed by atoms with Crippen LogP contribution >= 0.6 is 0 Å². The molecule has 1 heterocycles. The summed E-state index contributed by atoms with van der Waals surface area (Å²) in [5, 5.41) is 18.5. The molecule has 4 rings (SSSR count). The number of hydrogen-bond donors (Lipinski definition) is 1. The van der Waals surface area contributed by atoms with Crippen molar-refractivity contribution < 1.29 is 23.6 Å². The number of benzene rings is 3. The maximum Gasteiger partial charge on any atom is 0.271 e. The van der Waals surface area contributed by atoms with Crippen LogP contribution < -0.4 is 14.8 Å². The van der Waals surface area contributed by atoms with Crippen molar-refractivity contribution in [2.24, 2.45) is 0 Å². The minimum Gasteiger partial charge on any atom is -0.493 e. The normalized spacial score (nSPS) is 10.6. The molecular weight excluding hydrogens is 467 g/mol. The summed E-state index contributed by atoms with van der Waals surface area (Å²) >= 11 is 0. The maximum atomic E-state index is 14.4. The molecule has 184 valence electrons. The zero-order valence-corrected chi connectivity index (χ0v) is 19.6. The molecule has 0 atom stereocenters. The fraction of sp³-hybridized carbons (Fsp3) is 0.154. The number of ether oxygens (including phenoxy) is 2. The Labute approximate surface area is 206 Å². The van der Waals surface area contributed by atoms with Gasteiger partial charge in [0.15, 0.2) is 11.5 Å². The van der Waals surface area contributed by atoms with Crippen LogP contribution in [0, 0.1) is 15.9 Å². The minimum absolute atomic E-state index is 0.112. The molecule has 0 saturated heterocycles. The van der Waals surface area contributed by atoms with Gasteiger partial charge in [0.25, 0.3) is 11.6 Å². The van der Waals surface area contributed by atoms with Gasteiger partial charge in [-0.05, 0) is 48.4 Å². The number of aromatic nitrogens is 2. The molecule has 0 unspecified atom stereocenters. The summed E-state index contributed by atoms with van der Waals surface area (Å²) in [5.41, 5.74) is 1.62. The van der Waals surface area contributed by atoms with Gasteiger partial charge in [0.2, 0.25) is 0 Å². The summed E-state index contributed by atoms with van der Waals surface area (Å²) in [6.07, 6.45) is 0.511. The second kappa shape index (κ2) is 10.7. The predicted octanol–water partition coefficient (Wildman–Crippen LogP) is 4.58. The molecule has 0 fully saturated rings. The van der Waals surface area contributed by atoms with Gasteiger partial charge in [-0.15, -0.1) is 0 Å². The molecule has 0 aliphatic carbocycles. The number of carbonyl (C=O) groups excluding carboxylic acids is 1. The molecule has 0 saturated carbocycles. The predicted molar refractivity (Wildman–Crippen MR) is 131 cm³/mol. The summed E-state index contributed by atoms with van der Waals surface area (Å²) in [6.45, 7) is 0.295. The molecule has 0 bridgehead atoms. The zero-order valence-electron chi connectivity index (χ0n) is 19.6. The quantitative estimate of drug-likeness (QED) is 0.272. The average Bonchev–Trinajstić information content (AvgIpc) is 3.34. The summed E-state index contributed by atoms with van der Waals surface area (Å²) in [6, 6.07) is 18.7. The van der Waals surface area contributed by atoms with Crippen molar-refractivity contribution in [3.63, 3.8) is 0 Å². The lowest BCUT2D eigenvalue weighted by Crippen LogP contribution is -2.27. The molecule has 1 N–H and O–H groups in total. The lowest BCUT2D eigenvalue weighted by Gasteiger charge is -2.11. The molecule has 1 aromatic heterocycles. The Morgan fingerprint density at radius 3 is 2.53 bits per heavy atom. The highest BCUT2D eigenvalue weighted by Crippen LogP contribution is 2.28. The first-order valence-electron chi connectivity index (χ1n) is 11.0. The van der Waals surface area contributed by atoms with Crippen LogP contribution in [0.4, 0.5) is 10.1 Å². The van der Waals surface area contributed by atoms with Crippen molar-refractivity contribution in [2.45, 2.75) is 6.42 Å². The van der Waals surface area contributed by atoms with Crippen molar-refractivity contribution in [2.75, 3.05) is 20.8 Å². The van der Waals surface area contributed by atoms with E-state index in [1.165, 1.54) is 35.0 Å². The van der Waals surface area contributed by atoms with Crippen LogP contribution in [0.15, 0.2) is 72.8 Å². The number of carbonyl (C=O) groups is 1. The first-order chi connectivity index (χ1) is 17.4. The van der Waals surface area contributed by atoms with E-state index in [0.717, 1.165) is 5.56 Å². The fourth-order valence-corrected chi connectivity index (χ4v) is 3.73. The van der Waals surface area contributed by atoms with Crippen molar-refractivity contribution in [3.05, 3.63) is 100.0 Å². The molecule has 1 amide bonds. The Morgan fingerprint density at radius 2 is 1.81 bits per heavy atom. The van der Waals surface area contributed by atoms with Gasteiger partial charge in [-0.25, -0.2) is 9.07 Å². The summed E-state index contributed by atoms with van der Waals surface area (Å²) in [5.74, 6) is 0.227. The Kier molecular flexibility index (Phi) is 7.24. The van der Waals surface area contributed by atoms with Crippen molar-refractivity contribution >= 4 is 11.6 Å². The van der Waals surface area contributed by atoms with E-state index in [9.17, 15) is 19.3 Å². The number of amides is 1. The highest BCUT2D eigenvalue weighted by atomic mass is 19.1.